The van der Waals surface area contributed by atoms with Crippen LogP contribution in [0, 0.1) is 0 Å². The summed E-state index contributed by atoms with van der Waals surface area (Å²) < 4.78 is 14.6. The minimum atomic E-state index is -1.69. The molecule has 1 aliphatic heterocycles. The average Bonchev–Trinajstić information content (AvgIpc) is 2.56. The van der Waals surface area contributed by atoms with Gasteiger partial charge < -0.3 is 39.7 Å². The monoisotopic (exact) mass is 378 g/mol. The fraction of sp³-hybridized carbons (Fsp3) is 0.176. The number of phenols is 2. The maximum absolute atomic E-state index is 10.8. The Balaban J connectivity index is 1.97. The molecule has 2 atom stereocenters. The number of hydrogen-bond donors (Lipinski definition) is 5. The second kappa shape index (κ2) is 6.92. The van der Waals surface area contributed by atoms with Crippen molar-refractivity contribution in [3.05, 3.63) is 41.5 Å². The lowest BCUT2D eigenvalue weighted by Gasteiger charge is -2.31. The number of rotatable bonds is 3. The Morgan fingerprint density at radius 2 is 1.67 bits per heavy atom. The number of aliphatic hydroxyl groups excluding tert-OH is 1. The highest BCUT2D eigenvalue weighted by Gasteiger charge is 2.33. The van der Waals surface area contributed by atoms with E-state index in [0.717, 1.165) is 18.2 Å². The van der Waals surface area contributed by atoms with Gasteiger partial charge in [-0.1, -0.05) is 6.07 Å². The van der Waals surface area contributed by atoms with Crippen LogP contribution in [0.2, 0.25) is 0 Å². The Labute approximate surface area is 151 Å². The fourth-order valence-electron chi connectivity index (χ4n) is 2.80. The quantitative estimate of drug-likeness (QED) is 0.395. The Morgan fingerprint density at radius 1 is 1.00 bits per heavy atom. The smallest absolute Gasteiger partial charge is 0.508 e. The van der Waals surface area contributed by atoms with Gasteiger partial charge in [-0.25, -0.2) is 9.59 Å². The van der Waals surface area contributed by atoms with Crippen LogP contribution in [-0.4, -0.2) is 43.9 Å². The highest BCUT2D eigenvalue weighted by molar-refractivity contribution is 5.67. The molecule has 0 saturated heterocycles. The van der Waals surface area contributed by atoms with E-state index >= 15 is 0 Å². The molecule has 142 valence electrons. The van der Waals surface area contributed by atoms with Gasteiger partial charge in [0.15, 0.2) is 11.5 Å². The molecule has 2 unspecified atom stereocenters. The SMILES string of the molecule is O=C(O)Oc1ccc(C2Oc3cc(O)cc(O)c3CC2O)cc1OC(=O)O. The summed E-state index contributed by atoms with van der Waals surface area (Å²) in [6, 6.07) is 6.08. The predicted molar refractivity (Wildman–Crippen MR) is 86.6 cm³/mol. The number of aromatic hydroxyl groups is 2. The molecule has 2 aromatic carbocycles. The van der Waals surface area contributed by atoms with Gasteiger partial charge >= 0.3 is 12.3 Å². The van der Waals surface area contributed by atoms with E-state index in [1.807, 2.05) is 0 Å². The maximum atomic E-state index is 10.8. The summed E-state index contributed by atoms with van der Waals surface area (Å²) in [5.74, 6) is -1.07. The molecule has 0 fully saturated rings. The molecule has 1 aliphatic rings. The molecule has 27 heavy (non-hydrogen) atoms. The third-order valence-electron chi connectivity index (χ3n) is 3.88. The lowest BCUT2D eigenvalue weighted by Crippen LogP contribution is -2.30. The van der Waals surface area contributed by atoms with Gasteiger partial charge in [-0.2, -0.15) is 0 Å². The van der Waals surface area contributed by atoms with Crippen molar-refractivity contribution in [1.82, 2.24) is 0 Å². The summed E-state index contributed by atoms with van der Waals surface area (Å²) in [6.07, 6.45) is -5.45. The highest BCUT2D eigenvalue weighted by atomic mass is 16.7. The van der Waals surface area contributed by atoms with E-state index in [1.165, 1.54) is 12.1 Å². The van der Waals surface area contributed by atoms with Crippen LogP contribution < -0.4 is 14.2 Å². The second-order valence-corrected chi connectivity index (χ2v) is 5.69. The van der Waals surface area contributed by atoms with Crippen LogP contribution in [0.3, 0.4) is 0 Å². The number of benzene rings is 2. The third kappa shape index (κ3) is 3.80. The minimum Gasteiger partial charge on any atom is -0.508 e. The van der Waals surface area contributed by atoms with Gasteiger partial charge in [-0.15, -0.1) is 0 Å². The first kappa shape index (κ1) is 18.1. The Kier molecular flexibility index (Phi) is 4.65. The Morgan fingerprint density at radius 3 is 2.33 bits per heavy atom. The largest absolute Gasteiger partial charge is 0.511 e. The topological polar surface area (TPSA) is 163 Å². The van der Waals surface area contributed by atoms with Crippen molar-refractivity contribution < 1.29 is 49.3 Å². The first-order chi connectivity index (χ1) is 12.7. The van der Waals surface area contributed by atoms with Gasteiger partial charge in [-0.05, 0) is 17.7 Å². The molecule has 10 nitrogen and oxygen atoms in total. The summed E-state index contributed by atoms with van der Waals surface area (Å²) in [6.45, 7) is 0. The molecule has 0 saturated carbocycles. The van der Waals surface area contributed by atoms with E-state index in [2.05, 4.69) is 9.47 Å². The van der Waals surface area contributed by atoms with Gasteiger partial charge in [0.05, 0.1) is 6.10 Å². The van der Waals surface area contributed by atoms with E-state index in [1.54, 1.807) is 0 Å². The van der Waals surface area contributed by atoms with Crippen LogP contribution >= 0.6 is 0 Å². The number of phenolic OH excluding ortho intramolecular Hbond substituents is 2. The van der Waals surface area contributed by atoms with E-state index in [-0.39, 0.29) is 35.0 Å². The molecule has 3 rings (SSSR count). The van der Waals surface area contributed by atoms with Gasteiger partial charge in [-0.3, -0.25) is 0 Å². The number of carboxylic acid groups (broad SMARTS) is 2. The second-order valence-electron chi connectivity index (χ2n) is 5.69. The van der Waals surface area contributed by atoms with Gasteiger partial charge in [0.1, 0.15) is 23.4 Å². The molecule has 0 aromatic heterocycles. The molecule has 10 heteroatoms. The standard InChI is InChI=1S/C17H14O10/c18-8-4-10(19)9-6-11(20)15(25-13(9)5-8)7-1-2-12(26-16(21)22)14(3-7)27-17(23)24/h1-5,11,15,18-20H,6H2,(H,21,22)(H,23,24). The van der Waals surface area contributed by atoms with Gasteiger partial charge in [0, 0.05) is 24.1 Å². The Hall–Kier alpha value is -3.66. The summed E-state index contributed by atoms with van der Waals surface area (Å²) >= 11 is 0. The van der Waals surface area contributed by atoms with E-state index in [4.69, 9.17) is 14.9 Å². The molecule has 0 radical (unpaired) electrons. The van der Waals surface area contributed by atoms with Crippen LogP contribution in [0.1, 0.15) is 17.2 Å². The maximum Gasteiger partial charge on any atom is 0.511 e. The molecule has 1 heterocycles. The zero-order chi connectivity index (χ0) is 19.7. The number of ether oxygens (including phenoxy) is 3. The van der Waals surface area contributed by atoms with Crippen molar-refractivity contribution in [2.45, 2.75) is 18.6 Å². The number of aliphatic hydroxyl groups is 1. The number of fused-ring (bicyclic) bond motifs is 1. The van der Waals surface area contributed by atoms with E-state index < -0.39 is 30.3 Å². The normalized spacial score (nSPS) is 18.1. The fourth-order valence-corrected chi connectivity index (χ4v) is 2.80. The molecule has 0 spiro atoms. The summed E-state index contributed by atoms with van der Waals surface area (Å²) in [5, 5.41) is 47.3. The van der Waals surface area contributed by atoms with Crippen LogP contribution in [0.15, 0.2) is 30.3 Å². The average molecular weight is 378 g/mol. The Bertz CT molecular complexity index is 907. The zero-order valence-electron chi connectivity index (χ0n) is 13.5. The van der Waals surface area contributed by atoms with E-state index in [0.29, 0.717) is 5.56 Å². The van der Waals surface area contributed by atoms with Crippen molar-refractivity contribution in [2.24, 2.45) is 0 Å². The lowest BCUT2D eigenvalue weighted by molar-refractivity contribution is 0.0196. The lowest BCUT2D eigenvalue weighted by atomic mass is 9.94. The first-order valence-corrected chi connectivity index (χ1v) is 7.59. The molecular formula is C17H14O10. The third-order valence-corrected chi connectivity index (χ3v) is 3.88. The summed E-state index contributed by atoms with van der Waals surface area (Å²) in [4.78, 5) is 21.5. The van der Waals surface area contributed by atoms with Gasteiger partial charge in [0.25, 0.3) is 0 Å². The summed E-state index contributed by atoms with van der Waals surface area (Å²) in [5.41, 5.74) is 0.578. The van der Waals surface area contributed by atoms with Crippen molar-refractivity contribution in [3.63, 3.8) is 0 Å². The minimum absolute atomic E-state index is 0.00854. The van der Waals surface area contributed by atoms with Crippen molar-refractivity contribution in [1.29, 1.82) is 0 Å². The van der Waals surface area contributed by atoms with Crippen LogP contribution in [-0.2, 0) is 6.42 Å². The zero-order valence-corrected chi connectivity index (χ0v) is 13.5. The molecular weight excluding hydrogens is 364 g/mol. The van der Waals surface area contributed by atoms with Crippen LogP contribution in [0.5, 0.6) is 28.7 Å². The number of carbonyl (C=O) groups is 2. The van der Waals surface area contributed by atoms with Gasteiger partial charge in [0.2, 0.25) is 0 Å². The van der Waals surface area contributed by atoms with Crippen molar-refractivity contribution in [2.75, 3.05) is 0 Å². The molecule has 0 amide bonds. The highest BCUT2D eigenvalue weighted by Crippen LogP contribution is 2.43. The molecule has 0 bridgehead atoms. The van der Waals surface area contributed by atoms with Crippen molar-refractivity contribution >= 4 is 12.3 Å². The molecule has 2 aromatic rings. The molecule has 5 N–H and O–H groups in total. The van der Waals surface area contributed by atoms with Crippen LogP contribution in [0.4, 0.5) is 9.59 Å². The van der Waals surface area contributed by atoms with Crippen LogP contribution in [0.25, 0.3) is 0 Å². The number of hydrogen-bond acceptors (Lipinski definition) is 8. The molecule has 0 aliphatic carbocycles. The summed E-state index contributed by atoms with van der Waals surface area (Å²) in [7, 11) is 0. The van der Waals surface area contributed by atoms with E-state index in [9.17, 15) is 24.9 Å². The predicted octanol–water partition coefficient (Wildman–Crippen LogP) is 2.25. The van der Waals surface area contributed by atoms with Crippen molar-refractivity contribution in [3.8, 4) is 28.7 Å². The first-order valence-electron chi connectivity index (χ1n) is 7.59.